The molecule has 7 nitrogen and oxygen atoms in total. The Balaban J connectivity index is 1.88. The van der Waals surface area contributed by atoms with Gasteiger partial charge in [-0.2, -0.15) is 23.3 Å². The van der Waals surface area contributed by atoms with Gasteiger partial charge in [0.25, 0.3) is 11.4 Å². The van der Waals surface area contributed by atoms with E-state index in [1.54, 1.807) is 0 Å². The molecule has 146 valence electrons. The first-order valence-electron chi connectivity index (χ1n) is 8.57. The van der Waals surface area contributed by atoms with Gasteiger partial charge < -0.3 is 5.11 Å². The first-order chi connectivity index (χ1) is 12.6. The number of hydrogen-bond acceptors (Lipinski definition) is 5. The van der Waals surface area contributed by atoms with Gasteiger partial charge in [0, 0.05) is 17.8 Å². The van der Waals surface area contributed by atoms with Gasteiger partial charge in [-0.3, -0.25) is 14.9 Å². The summed E-state index contributed by atoms with van der Waals surface area (Å²) in [4.78, 5) is 22.6. The van der Waals surface area contributed by atoms with Gasteiger partial charge in [-0.25, -0.2) is 0 Å². The molecule has 0 bridgehead atoms. The summed E-state index contributed by atoms with van der Waals surface area (Å²) >= 11 is 0. The second-order valence-corrected chi connectivity index (χ2v) is 6.77. The van der Waals surface area contributed by atoms with Crippen LogP contribution in [0, 0.1) is 16.0 Å². The molecule has 0 aromatic heterocycles. The number of benzene rings is 1. The summed E-state index contributed by atoms with van der Waals surface area (Å²) in [6.07, 6.45) is -3.17. The van der Waals surface area contributed by atoms with Crippen LogP contribution in [0.2, 0.25) is 0 Å². The van der Waals surface area contributed by atoms with Crippen LogP contribution < -0.4 is 0 Å². The van der Waals surface area contributed by atoms with E-state index in [0.717, 1.165) is 6.42 Å². The van der Waals surface area contributed by atoms with Crippen LogP contribution in [-0.4, -0.2) is 38.6 Å². The van der Waals surface area contributed by atoms with E-state index < -0.39 is 35.1 Å². The molecular formula is C17H18F3N3O4. The van der Waals surface area contributed by atoms with Crippen LogP contribution >= 0.6 is 0 Å². The van der Waals surface area contributed by atoms with Crippen molar-refractivity contribution in [2.24, 2.45) is 11.0 Å². The van der Waals surface area contributed by atoms with Crippen molar-refractivity contribution in [2.45, 2.75) is 50.4 Å². The minimum absolute atomic E-state index is 0.107. The molecule has 0 spiro atoms. The van der Waals surface area contributed by atoms with E-state index >= 15 is 0 Å². The lowest BCUT2D eigenvalue weighted by molar-refractivity contribution is -0.384. The summed E-state index contributed by atoms with van der Waals surface area (Å²) in [6.45, 7) is 0. The van der Waals surface area contributed by atoms with E-state index in [1.165, 1.54) is 24.3 Å². The summed E-state index contributed by atoms with van der Waals surface area (Å²) in [5, 5.41) is 25.2. The van der Waals surface area contributed by atoms with Crippen LogP contribution in [0.1, 0.15) is 37.7 Å². The lowest BCUT2D eigenvalue weighted by Crippen LogP contribution is -2.61. The Labute approximate surface area is 152 Å². The zero-order chi connectivity index (χ0) is 19.8. The minimum Gasteiger partial charge on any atom is -0.362 e. The van der Waals surface area contributed by atoms with Crippen molar-refractivity contribution in [2.75, 3.05) is 0 Å². The molecule has 0 unspecified atom stereocenters. The normalized spacial score (nSPS) is 25.6. The molecule has 1 aliphatic heterocycles. The summed E-state index contributed by atoms with van der Waals surface area (Å²) in [7, 11) is 0. The Bertz CT molecular complexity index is 779. The molecule has 1 fully saturated rings. The smallest absolute Gasteiger partial charge is 0.362 e. The van der Waals surface area contributed by atoms with Crippen LogP contribution in [-0.2, 0) is 11.2 Å². The van der Waals surface area contributed by atoms with E-state index in [0.29, 0.717) is 24.8 Å². The van der Waals surface area contributed by atoms with Crippen molar-refractivity contribution in [3.8, 4) is 0 Å². The number of carbonyl (C=O) groups is 1. The molecule has 1 aromatic carbocycles. The number of nitrogens with zero attached hydrogens (tertiary/aromatic N) is 3. The Kier molecular flexibility index (Phi) is 4.94. The topological polar surface area (TPSA) is 96.0 Å². The van der Waals surface area contributed by atoms with Crippen molar-refractivity contribution in [1.29, 1.82) is 0 Å². The summed E-state index contributed by atoms with van der Waals surface area (Å²) < 4.78 is 41.2. The maximum atomic E-state index is 13.7. The first kappa shape index (κ1) is 19.3. The zero-order valence-electron chi connectivity index (χ0n) is 14.3. The fraction of sp³-hybridized carbons (Fsp3) is 0.529. The average Bonchev–Trinajstić information content (AvgIpc) is 2.75. The molecule has 1 heterocycles. The first-order valence-corrected chi connectivity index (χ1v) is 8.57. The Morgan fingerprint density at radius 3 is 2.56 bits per heavy atom. The number of nitro benzene ring substituents is 1. The van der Waals surface area contributed by atoms with Crippen LogP contribution in [0.4, 0.5) is 18.9 Å². The quantitative estimate of drug-likeness (QED) is 0.639. The third-order valence-electron chi connectivity index (χ3n) is 5.02. The number of halogens is 3. The molecule has 2 aliphatic rings. The maximum Gasteiger partial charge on any atom is 0.439 e. The third-order valence-corrected chi connectivity index (χ3v) is 5.02. The maximum absolute atomic E-state index is 13.7. The summed E-state index contributed by atoms with van der Waals surface area (Å²) in [5.74, 6) is -2.27. The lowest BCUT2D eigenvalue weighted by atomic mass is 9.87. The zero-order valence-corrected chi connectivity index (χ0v) is 14.3. The van der Waals surface area contributed by atoms with E-state index in [2.05, 4.69) is 5.10 Å². The largest absolute Gasteiger partial charge is 0.439 e. The SMILES string of the molecule is O=C(Cc1ccc([N+](=O)[O-])cc1)N1N=C2CCCCC[C@H]2[C@@]1(O)C(F)(F)F. The average molecular weight is 385 g/mol. The standard InChI is InChI=1S/C17H18F3N3O4/c18-17(19,20)16(25)13-4-2-1-3-5-14(13)21-22(16)15(24)10-11-6-8-12(9-7-11)23(26)27/h6-9,13,25H,1-5,10H2/t13-,16-/m1/s1. The van der Waals surface area contributed by atoms with Crippen molar-refractivity contribution < 1.29 is 28.0 Å². The molecule has 1 N–H and O–H groups in total. The van der Waals surface area contributed by atoms with Gasteiger partial charge in [-0.15, -0.1) is 0 Å². The molecule has 1 amide bonds. The highest BCUT2D eigenvalue weighted by atomic mass is 19.4. The molecular weight excluding hydrogens is 367 g/mol. The predicted molar refractivity (Wildman–Crippen MR) is 88.7 cm³/mol. The molecule has 1 aliphatic carbocycles. The van der Waals surface area contributed by atoms with Crippen molar-refractivity contribution in [1.82, 2.24) is 5.01 Å². The van der Waals surface area contributed by atoms with Gasteiger partial charge >= 0.3 is 6.18 Å². The van der Waals surface area contributed by atoms with Gasteiger partial charge in [0.05, 0.1) is 17.3 Å². The van der Waals surface area contributed by atoms with Crippen LogP contribution in [0.25, 0.3) is 0 Å². The van der Waals surface area contributed by atoms with Crippen LogP contribution in [0.3, 0.4) is 0 Å². The molecule has 2 atom stereocenters. The molecule has 0 saturated heterocycles. The van der Waals surface area contributed by atoms with Crippen LogP contribution in [0.5, 0.6) is 0 Å². The number of hydrazone groups is 1. The number of hydrogen-bond donors (Lipinski definition) is 1. The van der Waals surface area contributed by atoms with E-state index in [9.17, 15) is 33.2 Å². The lowest BCUT2D eigenvalue weighted by Gasteiger charge is -2.37. The number of nitro groups is 1. The number of fused-ring (bicyclic) bond motifs is 1. The van der Waals surface area contributed by atoms with Gasteiger partial charge in [0.15, 0.2) is 0 Å². The highest BCUT2D eigenvalue weighted by molar-refractivity contribution is 5.93. The second kappa shape index (κ2) is 6.91. The van der Waals surface area contributed by atoms with Crippen LogP contribution in [0.15, 0.2) is 29.4 Å². The van der Waals surface area contributed by atoms with E-state index in [1.807, 2.05) is 0 Å². The molecule has 3 rings (SSSR count). The van der Waals surface area contributed by atoms with Gasteiger partial charge in [-0.05, 0) is 24.8 Å². The number of aliphatic hydroxyl groups is 1. The van der Waals surface area contributed by atoms with E-state index in [4.69, 9.17) is 0 Å². The Morgan fingerprint density at radius 2 is 1.96 bits per heavy atom. The predicted octanol–water partition coefficient (Wildman–Crippen LogP) is 3.17. The van der Waals surface area contributed by atoms with Gasteiger partial charge in [0.1, 0.15) is 0 Å². The second-order valence-electron chi connectivity index (χ2n) is 6.77. The fourth-order valence-corrected chi connectivity index (χ4v) is 3.63. The number of rotatable bonds is 3. The van der Waals surface area contributed by atoms with Gasteiger partial charge in [0.2, 0.25) is 5.91 Å². The number of alkyl halides is 3. The fourth-order valence-electron chi connectivity index (χ4n) is 3.63. The molecule has 1 aromatic rings. The van der Waals surface area contributed by atoms with Crippen molar-refractivity contribution in [3.05, 3.63) is 39.9 Å². The van der Waals surface area contributed by atoms with E-state index in [-0.39, 0.29) is 22.8 Å². The minimum atomic E-state index is -5.06. The van der Waals surface area contributed by atoms with Gasteiger partial charge in [-0.1, -0.05) is 25.0 Å². The summed E-state index contributed by atoms with van der Waals surface area (Å²) in [5.41, 5.74) is -3.06. The Morgan fingerprint density at radius 1 is 1.30 bits per heavy atom. The van der Waals surface area contributed by atoms with Crippen molar-refractivity contribution >= 4 is 17.3 Å². The highest BCUT2D eigenvalue weighted by Gasteiger charge is 2.68. The molecule has 10 heteroatoms. The summed E-state index contributed by atoms with van der Waals surface area (Å²) in [6, 6.07) is 4.92. The molecule has 1 saturated carbocycles. The Hall–Kier alpha value is -2.49. The number of carbonyl (C=O) groups excluding carboxylic acids is 1. The third kappa shape index (κ3) is 3.41. The number of non-ortho nitro benzene ring substituents is 1. The van der Waals surface area contributed by atoms with Crippen molar-refractivity contribution in [3.63, 3.8) is 0 Å². The number of amides is 1. The molecule has 27 heavy (non-hydrogen) atoms. The molecule has 0 radical (unpaired) electrons. The monoisotopic (exact) mass is 385 g/mol. The highest BCUT2D eigenvalue weighted by Crippen LogP contribution is 2.47.